The van der Waals surface area contributed by atoms with E-state index in [0.717, 1.165) is 22.3 Å². The SMILES string of the molecule is CC(C)(C)C1=CC=C/C(=C/NC2CCCC2)C1=O.CC(C)(C)C1=CC=C/C(=C\NC2CCCC2)C1=O.[Cl][Zr][Cl]. The topological polar surface area (TPSA) is 58.2 Å². The molecule has 4 rings (SSSR count). The van der Waals surface area contributed by atoms with Crippen LogP contribution in [0.15, 0.2) is 71.1 Å². The van der Waals surface area contributed by atoms with Gasteiger partial charge in [-0.3, -0.25) is 9.59 Å². The number of hydrogen-bond donors (Lipinski definition) is 2. The molecular weight excluding hydrogens is 606 g/mol. The van der Waals surface area contributed by atoms with Gasteiger partial charge in [-0.1, -0.05) is 91.5 Å². The summed E-state index contributed by atoms with van der Waals surface area (Å²) < 4.78 is 0. The summed E-state index contributed by atoms with van der Waals surface area (Å²) in [7, 11) is 9.87. The Morgan fingerprint density at radius 1 is 0.692 bits per heavy atom. The maximum atomic E-state index is 12.3. The minimum atomic E-state index is -0.826. The van der Waals surface area contributed by atoms with E-state index in [1.165, 1.54) is 51.4 Å². The quantitative estimate of drug-likeness (QED) is 0.300. The molecule has 0 saturated heterocycles. The average Bonchev–Trinajstić information content (AvgIpc) is 3.57. The Hall–Kier alpha value is -1.16. The Labute approximate surface area is 255 Å². The van der Waals surface area contributed by atoms with Gasteiger partial charge in [0, 0.05) is 46.8 Å². The molecule has 2 saturated carbocycles. The van der Waals surface area contributed by atoms with E-state index in [4.69, 9.17) is 17.0 Å². The molecule has 0 bridgehead atoms. The molecule has 0 heterocycles. The van der Waals surface area contributed by atoms with E-state index in [9.17, 15) is 9.59 Å². The monoisotopic (exact) mass is 650 g/mol. The van der Waals surface area contributed by atoms with Crippen LogP contribution in [0.2, 0.25) is 0 Å². The maximum absolute atomic E-state index is 12.3. The Kier molecular flexibility index (Phi) is 14.3. The van der Waals surface area contributed by atoms with E-state index in [2.05, 4.69) is 52.2 Å². The van der Waals surface area contributed by atoms with Gasteiger partial charge in [-0.25, -0.2) is 0 Å². The first kappa shape index (κ1) is 34.0. The van der Waals surface area contributed by atoms with Gasteiger partial charge in [0.25, 0.3) is 0 Å². The molecule has 4 aliphatic rings. The van der Waals surface area contributed by atoms with Crippen molar-refractivity contribution in [3.05, 3.63) is 71.1 Å². The summed E-state index contributed by atoms with van der Waals surface area (Å²) in [5, 5.41) is 6.78. The molecule has 214 valence electrons. The normalized spacial score (nSPS) is 22.2. The summed E-state index contributed by atoms with van der Waals surface area (Å²) in [6, 6.07) is 1.12. The van der Waals surface area contributed by atoms with Crippen molar-refractivity contribution in [1.82, 2.24) is 10.6 Å². The first-order valence-electron chi connectivity index (χ1n) is 14.1. The second-order valence-electron chi connectivity index (χ2n) is 12.6. The van der Waals surface area contributed by atoms with Crippen molar-refractivity contribution in [3.8, 4) is 0 Å². The molecule has 0 aliphatic heterocycles. The number of Topliss-reactive ketones (excluding diaryl/α,β-unsaturated/α-hetero) is 2. The van der Waals surface area contributed by atoms with Crippen LogP contribution >= 0.6 is 17.0 Å². The number of allylic oxidation sites excluding steroid dienone is 10. The van der Waals surface area contributed by atoms with Crippen LogP contribution in [0.25, 0.3) is 0 Å². The zero-order valence-corrected chi connectivity index (χ0v) is 28.5. The molecule has 2 N–H and O–H groups in total. The van der Waals surface area contributed by atoms with Crippen molar-refractivity contribution in [2.75, 3.05) is 0 Å². The molecule has 4 aliphatic carbocycles. The van der Waals surface area contributed by atoms with Crippen molar-refractivity contribution in [2.45, 2.75) is 105 Å². The predicted molar refractivity (Wildman–Crippen MR) is 162 cm³/mol. The van der Waals surface area contributed by atoms with Gasteiger partial charge in [0.1, 0.15) is 0 Å². The zero-order chi connectivity index (χ0) is 29.1. The van der Waals surface area contributed by atoms with Crippen molar-refractivity contribution in [3.63, 3.8) is 0 Å². The van der Waals surface area contributed by atoms with Crippen molar-refractivity contribution < 1.29 is 30.4 Å². The fourth-order valence-electron chi connectivity index (χ4n) is 5.12. The van der Waals surface area contributed by atoms with Gasteiger partial charge < -0.3 is 10.6 Å². The molecule has 0 aromatic rings. The van der Waals surface area contributed by atoms with Crippen molar-refractivity contribution in [1.29, 1.82) is 0 Å². The molecule has 0 aromatic carbocycles. The second-order valence-corrected chi connectivity index (χ2v) is 16.3. The van der Waals surface area contributed by atoms with E-state index in [1.807, 2.05) is 48.9 Å². The van der Waals surface area contributed by atoms with E-state index < -0.39 is 20.8 Å². The second kappa shape index (κ2) is 16.3. The van der Waals surface area contributed by atoms with E-state index in [0.29, 0.717) is 12.1 Å². The Morgan fingerprint density at radius 3 is 1.28 bits per heavy atom. The van der Waals surface area contributed by atoms with Gasteiger partial charge in [-0.2, -0.15) is 0 Å². The zero-order valence-electron chi connectivity index (χ0n) is 24.5. The molecule has 0 radical (unpaired) electrons. The van der Waals surface area contributed by atoms with Crippen LogP contribution in [0, 0.1) is 10.8 Å². The Bertz CT molecular complexity index is 945. The summed E-state index contributed by atoms with van der Waals surface area (Å²) >= 11 is -0.826. The minimum absolute atomic E-state index is 0.0890. The van der Waals surface area contributed by atoms with E-state index >= 15 is 0 Å². The number of carbonyl (C=O) groups excluding carboxylic acids is 2. The van der Waals surface area contributed by atoms with Crippen LogP contribution in [0.4, 0.5) is 0 Å². The van der Waals surface area contributed by atoms with Gasteiger partial charge in [0.15, 0.2) is 11.6 Å². The van der Waals surface area contributed by atoms with Gasteiger partial charge in [-0.15, -0.1) is 0 Å². The van der Waals surface area contributed by atoms with Crippen LogP contribution in [-0.2, 0) is 30.4 Å². The van der Waals surface area contributed by atoms with Crippen LogP contribution in [0.3, 0.4) is 0 Å². The van der Waals surface area contributed by atoms with E-state index in [1.54, 1.807) is 0 Å². The Balaban J connectivity index is 0.000000249. The summed E-state index contributed by atoms with van der Waals surface area (Å²) in [6.45, 7) is 12.5. The van der Waals surface area contributed by atoms with Gasteiger partial charge in [-0.05, 0) is 48.7 Å². The Morgan fingerprint density at radius 2 is 1.00 bits per heavy atom. The first-order valence-corrected chi connectivity index (χ1v) is 20.5. The van der Waals surface area contributed by atoms with Crippen LogP contribution in [-0.4, -0.2) is 23.7 Å². The fourth-order valence-corrected chi connectivity index (χ4v) is 5.12. The third-order valence-corrected chi connectivity index (χ3v) is 7.37. The van der Waals surface area contributed by atoms with Gasteiger partial charge >= 0.3 is 37.9 Å². The molecule has 39 heavy (non-hydrogen) atoms. The van der Waals surface area contributed by atoms with Crippen LogP contribution in [0.5, 0.6) is 0 Å². The van der Waals surface area contributed by atoms with Crippen LogP contribution in [0.1, 0.15) is 92.9 Å². The third kappa shape index (κ3) is 11.3. The molecule has 0 atom stereocenters. The first-order chi connectivity index (χ1) is 18.4. The summed E-state index contributed by atoms with van der Waals surface area (Å²) in [4.78, 5) is 24.7. The molecular formula is C32H46Cl2N2O2Zr. The van der Waals surface area contributed by atoms with Crippen molar-refractivity contribution in [2.24, 2.45) is 10.8 Å². The molecule has 0 spiro atoms. The average molecular weight is 653 g/mol. The molecule has 4 nitrogen and oxygen atoms in total. The number of hydrogen-bond acceptors (Lipinski definition) is 4. The molecule has 7 heteroatoms. The molecule has 0 amide bonds. The number of carbonyl (C=O) groups is 2. The number of rotatable bonds is 4. The predicted octanol–water partition coefficient (Wildman–Crippen LogP) is 8.40. The van der Waals surface area contributed by atoms with Gasteiger partial charge in [0.2, 0.25) is 0 Å². The standard InChI is InChI=1S/2C16H23NO.2ClH.Zr/c2*1-16(2,3)14-10-6-7-12(15(14)18)11-17-13-8-4-5-9-13;;;/h2*6-7,10-11,13,17H,4-5,8-9H2,1-3H3;2*1H;/q;;;;+2/p-2/b12-11+;12-11-;;;. The number of halogens is 2. The fraction of sp³-hybridized carbons (Fsp3) is 0.562. The van der Waals surface area contributed by atoms with Crippen LogP contribution < -0.4 is 10.6 Å². The number of nitrogens with one attached hydrogen (secondary N) is 2. The molecule has 0 unspecified atom stereocenters. The summed E-state index contributed by atoms with van der Waals surface area (Å²) in [6.07, 6.45) is 25.6. The number of ketones is 2. The molecule has 2 fully saturated rings. The van der Waals surface area contributed by atoms with E-state index in [-0.39, 0.29) is 22.4 Å². The van der Waals surface area contributed by atoms with Crippen molar-refractivity contribution >= 4 is 28.6 Å². The summed E-state index contributed by atoms with van der Waals surface area (Å²) in [5.41, 5.74) is 3.18. The molecule has 0 aromatic heterocycles. The third-order valence-electron chi connectivity index (χ3n) is 7.37. The van der Waals surface area contributed by atoms with Gasteiger partial charge in [0.05, 0.1) is 0 Å². The summed E-state index contributed by atoms with van der Waals surface area (Å²) in [5.74, 6) is 0.325.